The first kappa shape index (κ1) is 14.8. The van der Waals surface area contributed by atoms with Gasteiger partial charge < -0.3 is 0 Å². The molecule has 0 amide bonds. The predicted molar refractivity (Wildman–Crippen MR) is 81.9 cm³/mol. The Morgan fingerprint density at radius 1 is 1.00 bits per heavy atom. The molecule has 3 fully saturated rings. The van der Waals surface area contributed by atoms with Crippen molar-refractivity contribution in [2.24, 2.45) is 23.7 Å². The van der Waals surface area contributed by atoms with Gasteiger partial charge in [0.2, 0.25) is 10.0 Å². The fourth-order valence-corrected chi connectivity index (χ4v) is 6.39. The fourth-order valence-electron chi connectivity index (χ4n) is 4.57. The van der Waals surface area contributed by atoms with E-state index in [0.717, 1.165) is 31.1 Å². The molecular weight excluding hydrogens is 270 g/mol. The van der Waals surface area contributed by atoms with E-state index in [1.807, 2.05) is 0 Å². The van der Waals surface area contributed by atoms with Gasteiger partial charge in [0.1, 0.15) is 0 Å². The van der Waals surface area contributed by atoms with Gasteiger partial charge in [-0.3, -0.25) is 0 Å². The molecule has 1 N–H and O–H groups in total. The van der Waals surface area contributed by atoms with Crippen LogP contribution in [0.4, 0.5) is 0 Å². The lowest BCUT2D eigenvalue weighted by Crippen LogP contribution is -2.47. The SMILES string of the molecule is CCC1CC2CCC(NS(=O)(=O)CC3CCC3)C(C1)C2. The second kappa shape index (κ2) is 5.96. The maximum absolute atomic E-state index is 12.3. The average Bonchev–Trinajstić information content (AvgIpc) is 2.37. The lowest BCUT2D eigenvalue weighted by atomic mass is 9.65. The molecule has 3 aliphatic carbocycles. The van der Waals surface area contributed by atoms with E-state index in [1.54, 1.807) is 0 Å². The first-order chi connectivity index (χ1) is 9.55. The van der Waals surface area contributed by atoms with Gasteiger partial charge in [0.25, 0.3) is 0 Å². The second-order valence-corrected chi connectivity index (χ2v) is 9.29. The van der Waals surface area contributed by atoms with Crippen LogP contribution in [0.25, 0.3) is 0 Å². The molecule has 0 aromatic heterocycles. The van der Waals surface area contributed by atoms with E-state index in [2.05, 4.69) is 11.6 Å². The van der Waals surface area contributed by atoms with E-state index >= 15 is 0 Å². The summed E-state index contributed by atoms with van der Waals surface area (Å²) in [4.78, 5) is 0. The Labute approximate surface area is 124 Å². The van der Waals surface area contributed by atoms with E-state index < -0.39 is 10.0 Å². The molecule has 0 aliphatic heterocycles. The molecule has 116 valence electrons. The van der Waals surface area contributed by atoms with Gasteiger partial charge >= 0.3 is 0 Å². The Hall–Kier alpha value is -0.0900. The van der Waals surface area contributed by atoms with E-state index in [9.17, 15) is 8.42 Å². The Morgan fingerprint density at radius 3 is 2.45 bits per heavy atom. The topological polar surface area (TPSA) is 46.2 Å². The Balaban J connectivity index is 1.59. The van der Waals surface area contributed by atoms with Crippen LogP contribution >= 0.6 is 0 Å². The fraction of sp³-hybridized carbons (Fsp3) is 1.00. The average molecular weight is 299 g/mol. The molecular formula is C16H29NO2S. The van der Waals surface area contributed by atoms with E-state index in [4.69, 9.17) is 0 Å². The van der Waals surface area contributed by atoms with Crippen molar-refractivity contribution < 1.29 is 8.42 Å². The maximum atomic E-state index is 12.3. The summed E-state index contributed by atoms with van der Waals surface area (Å²) in [7, 11) is -3.05. The van der Waals surface area contributed by atoms with Crippen LogP contribution in [0.3, 0.4) is 0 Å². The van der Waals surface area contributed by atoms with Gasteiger partial charge in [0.05, 0.1) is 5.75 Å². The van der Waals surface area contributed by atoms with Crippen molar-refractivity contribution in [3.05, 3.63) is 0 Å². The molecule has 3 saturated carbocycles. The third-order valence-corrected chi connectivity index (χ3v) is 7.55. The normalized spacial score (nSPS) is 38.5. The molecule has 0 aromatic carbocycles. The third-order valence-electron chi connectivity index (χ3n) is 5.98. The second-order valence-electron chi connectivity index (χ2n) is 7.49. The van der Waals surface area contributed by atoms with Crippen molar-refractivity contribution in [3.8, 4) is 0 Å². The van der Waals surface area contributed by atoms with Crippen LogP contribution in [-0.2, 0) is 10.0 Å². The number of hydrogen-bond acceptors (Lipinski definition) is 2. The van der Waals surface area contributed by atoms with Crippen LogP contribution in [0.5, 0.6) is 0 Å². The van der Waals surface area contributed by atoms with Crippen molar-refractivity contribution in [1.82, 2.24) is 4.72 Å². The third kappa shape index (κ3) is 3.38. The number of rotatable bonds is 5. The van der Waals surface area contributed by atoms with E-state index in [0.29, 0.717) is 17.6 Å². The van der Waals surface area contributed by atoms with E-state index in [-0.39, 0.29) is 6.04 Å². The lowest BCUT2D eigenvalue weighted by Gasteiger charge is -2.43. The molecule has 0 aromatic rings. The van der Waals surface area contributed by atoms with Crippen LogP contribution in [0.1, 0.15) is 64.7 Å². The summed E-state index contributed by atoms with van der Waals surface area (Å²) < 4.78 is 27.7. The first-order valence-corrected chi connectivity index (χ1v) is 10.2. The lowest BCUT2D eigenvalue weighted by molar-refractivity contribution is 0.109. The molecule has 0 spiro atoms. The van der Waals surface area contributed by atoms with Crippen LogP contribution in [0.15, 0.2) is 0 Å². The van der Waals surface area contributed by atoms with Gasteiger partial charge in [-0.05, 0) is 68.6 Å². The molecule has 0 saturated heterocycles. The standard InChI is InChI=1S/C16H29NO2S/c1-2-12-8-14-6-7-16(15(9-12)10-14)17-20(18,19)11-13-4-3-5-13/h12-17H,2-11H2,1H3. The first-order valence-electron chi connectivity index (χ1n) is 8.55. The smallest absolute Gasteiger partial charge is 0.212 e. The highest BCUT2D eigenvalue weighted by Gasteiger charge is 2.38. The van der Waals surface area contributed by atoms with Crippen molar-refractivity contribution in [1.29, 1.82) is 0 Å². The largest absolute Gasteiger partial charge is 0.212 e. The molecule has 3 nitrogen and oxygen atoms in total. The van der Waals surface area contributed by atoms with Gasteiger partial charge in [0, 0.05) is 6.04 Å². The molecule has 0 heterocycles. The summed E-state index contributed by atoms with van der Waals surface area (Å²) in [6.07, 6.45) is 10.9. The summed E-state index contributed by atoms with van der Waals surface area (Å²) in [5, 5.41) is 0. The van der Waals surface area contributed by atoms with Crippen LogP contribution < -0.4 is 4.72 Å². The van der Waals surface area contributed by atoms with Crippen LogP contribution in [-0.4, -0.2) is 20.2 Å². The number of fused-ring (bicyclic) bond motifs is 2. The predicted octanol–water partition coefficient (Wildman–Crippen LogP) is 3.31. The highest BCUT2D eigenvalue weighted by Crippen LogP contribution is 2.43. The van der Waals surface area contributed by atoms with Crippen molar-refractivity contribution >= 4 is 10.0 Å². The zero-order valence-electron chi connectivity index (χ0n) is 12.7. The summed E-state index contributed by atoms with van der Waals surface area (Å²) in [6.45, 7) is 2.28. The zero-order valence-corrected chi connectivity index (χ0v) is 13.5. The van der Waals surface area contributed by atoms with E-state index in [1.165, 1.54) is 38.5 Å². The van der Waals surface area contributed by atoms with Crippen LogP contribution in [0, 0.1) is 23.7 Å². The van der Waals surface area contributed by atoms with Gasteiger partial charge in [0.15, 0.2) is 0 Å². The minimum absolute atomic E-state index is 0.227. The molecule has 4 heteroatoms. The molecule has 3 rings (SSSR count). The molecule has 2 bridgehead atoms. The van der Waals surface area contributed by atoms with Gasteiger partial charge in [-0.15, -0.1) is 0 Å². The van der Waals surface area contributed by atoms with Crippen molar-refractivity contribution in [3.63, 3.8) is 0 Å². The highest BCUT2D eigenvalue weighted by atomic mass is 32.2. The molecule has 0 radical (unpaired) electrons. The van der Waals surface area contributed by atoms with Gasteiger partial charge in [-0.2, -0.15) is 0 Å². The van der Waals surface area contributed by atoms with Gasteiger partial charge in [-0.1, -0.05) is 19.8 Å². The quantitative estimate of drug-likeness (QED) is 0.846. The number of nitrogens with one attached hydrogen (secondary N) is 1. The monoisotopic (exact) mass is 299 g/mol. The minimum atomic E-state index is -3.05. The Bertz CT molecular complexity index is 430. The Kier molecular flexibility index (Phi) is 4.42. The highest BCUT2D eigenvalue weighted by molar-refractivity contribution is 7.89. The molecule has 3 aliphatic rings. The Morgan fingerprint density at radius 2 is 1.80 bits per heavy atom. The van der Waals surface area contributed by atoms with Gasteiger partial charge in [-0.25, -0.2) is 13.1 Å². The minimum Gasteiger partial charge on any atom is -0.212 e. The van der Waals surface area contributed by atoms with Crippen molar-refractivity contribution in [2.45, 2.75) is 70.8 Å². The number of hydrogen-bond donors (Lipinski definition) is 1. The van der Waals surface area contributed by atoms with Crippen LogP contribution in [0.2, 0.25) is 0 Å². The summed E-state index contributed by atoms with van der Waals surface area (Å²) in [5.74, 6) is 3.10. The molecule has 20 heavy (non-hydrogen) atoms. The number of sulfonamides is 1. The molecule has 4 atom stereocenters. The summed E-state index contributed by atoms with van der Waals surface area (Å²) in [5.41, 5.74) is 0. The summed E-state index contributed by atoms with van der Waals surface area (Å²) in [6, 6.07) is 0.227. The molecule has 4 unspecified atom stereocenters. The van der Waals surface area contributed by atoms with Crippen molar-refractivity contribution in [2.75, 3.05) is 5.75 Å². The maximum Gasteiger partial charge on any atom is 0.212 e. The zero-order chi connectivity index (χ0) is 14.2. The summed E-state index contributed by atoms with van der Waals surface area (Å²) >= 11 is 0.